The Labute approximate surface area is 66.9 Å². The van der Waals surface area contributed by atoms with Gasteiger partial charge < -0.3 is 21.1 Å². The average Bonchev–Trinajstić information content (AvgIpc) is 0.811. The van der Waals surface area contributed by atoms with E-state index in [1.807, 2.05) is 0 Å². The average molecular weight is 226 g/mol. The zero-order chi connectivity index (χ0) is 3.58. The molecule has 0 heterocycles. The molecule has 0 aliphatic heterocycles. The van der Waals surface area contributed by atoms with Gasteiger partial charge in [0.05, 0.1) is 0 Å². The molecule has 0 aromatic heterocycles. The second kappa shape index (κ2) is 9.47. The van der Waals surface area contributed by atoms with Crippen molar-refractivity contribution in [3.8, 4) is 0 Å². The Hall–Kier alpha value is 1.15. The Kier molecular flexibility index (Phi) is 24.8. The molecule has 38 valence electrons. The Bertz CT molecular complexity index is 12.3. The summed E-state index contributed by atoms with van der Waals surface area (Å²) in [6.45, 7) is 0. The van der Waals surface area contributed by atoms with Crippen molar-refractivity contribution < 1.29 is 56.7 Å². The van der Waals surface area contributed by atoms with Gasteiger partial charge in [-0.2, -0.15) is 0 Å². The van der Waals surface area contributed by atoms with Crippen molar-refractivity contribution in [3.05, 3.63) is 5.21 Å². The van der Waals surface area contributed by atoms with Gasteiger partial charge in [-0.3, -0.25) is 0 Å². The third-order valence-electron chi connectivity index (χ3n) is 0. The molecule has 0 rings (SSSR count). The first kappa shape index (κ1) is 15.7. The van der Waals surface area contributed by atoms with Crippen LogP contribution in [0.2, 0.25) is 0 Å². The number of hydrogen-bond acceptors (Lipinski definition) is 4. The third-order valence-corrected chi connectivity index (χ3v) is 0. The Balaban J connectivity index is -0.0000000450. The summed E-state index contributed by atoms with van der Waals surface area (Å²) in [7, 11) is 0. The van der Waals surface area contributed by atoms with Gasteiger partial charge in [0.15, 0.2) is 0 Å². The number of nitrogens with zero attached hydrogens (tertiary/aromatic N) is 1. The minimum Gasteiger partial charge on any atom is -0.738 e. The van der Waals surface area contributed by atoms with Crippen LogP contribution in [-0.4, -0.2) is 21.3 Å². The van der Waals surface area contributed by atoms with Gasteiger partial charge in [-0.05, 0) is 0 Å². The van der Waals surface area contributed by atoms with Crippen LogP contribution in [-0.2, 0) is 0 Å². The van der Waals surface area contributed by atoms with E-state index in [9.17, 15) is 0 Å². The number of rotatable bonds is 0. The quantitative estimate of drug-likeness (QED) is 0.504. The van der Waals surface area contributed by atoms with Crippen LogP contribution in [0.3, 0.4) is 0 Å². The summed E-state index contributed by atoms with van der Waals surface area (Å²) in [6.07, 6.45) is 0. The minimum absolute atomic E-state index is 0. The monoisotopic (exact) mass is 224 g/mol. The summed E-state index contributed by atoms with van der Waals surface area (Å²) in [4.78, 5) is 0. The van der Waals surface area contributed by atoms with E-state index in [1.54, 1.807) is 0 Å². The van der Waals surface area contributed by atoms with E-state index in [1.165, 1.54) is 0 Å². The van der Waals surface area contributed by atoms with Crippen LogP contribution < -0.4 is 0 Å². The van der Waals surface area contributed by atoms with Gasteiger partial charge in [0.2, 0.25) is 0 Å². The van der Waals surface area contributed by atoms with Crippen LogP contribution in [0.15, 0.2) is 0 Å². The van der Waals surface area contributed by atoms with Gasteiger partial charge in [-0.1, -0.05) is 0 Å². The summed E-state index contributed by atoms with van der Waals surface area (Å²) < 4.78 is 0. The second-order valence-electron chi connectivity index (χ2n) is 0.253. The molecule has 0 aliphatic rings. The molecule has 0 aliphatic carbocycles. The summed E-state index contributed by atoms with van der Waals surface area (Å²) >= 11 is 0. The molecule has 0 atom stereocenters. The van der Waals surface area contributed by atoms with Gasteiger partial charge in [0.25, 0.3) is 0 Å². The van der Waals surface area contributed by atoms with Crippen LogP contribution in [0.1, 0.15) is 0 Å². The van der Waals surface area contributed by atoms with Gasteiger partial charge in [-0.15, -0.1) is 5.39 Å². The van der Waals surface area contributed by atoms with Gasteiger partial charge in [0, 0.05) is 40.8 Å². The van der Waals surface area contributed by atoms with Crippen molar-refractivity contribution in [2.24, 2.45) is 0 Å². The van der Waals surface area contributed by atoms with E-state index in [4.69, 9.17) is 15.6 Å². The zero-order valence-electron chi connectivity index (χ0n) is 2.75. The van der Waals surface area contributed by atoms with Gasteiger partial charge in [0.1, 0.15) is 0 Å². The van der Waals surface area contributed by atoms with Crippen LogP contribution in [0, 0.1) is 46.0 Å². The maximum absolute atomic E-state index is 8.47. The molecule has 0 amide bonds. The smallest absolute Gasteiger partial charge is 0 e. The van der Waals surface area contributed by atoms with E-state index in [0.717, 1.165) is 0 Å². The molecule has 5 nitrogen and oxygen atoms in total. The minimum atomic E-state index is -1.25. The van der Waals surface area contributed by atoms with E-state index < -0.39 is 5.39 Å². The fourth-order valence-corrected chi connectivity index (χ4v) is 0. The molecule has 0 unspecified atom stereocenters. The van der Waals surface area contributed by atoms with Crippen molar-refractivity contribution >= 4 is 0 Å². The third kappa shape index (κ3) is 67.0. The SMILES string of the molecule is O.[Nd].[O-]N(O)O. The second-order valence-corrected chi connectivity index (χ2v) is 0.253. The molecule has 0 aromatic carbocycles. The topological polar surface area (TPSA) is 98.3 Å². The van der Waals surface area contributed by atoms with E-state index in [-0.39, 0.29) is 46.3 Å². The van der Waals surface area contributed by atoms with Crippen LogP contribution in [0.25, 0.3) is 0 Å². The summed E-state index contributed by atoms with van der Waals surface area (Å²) in [5.41, 5.74) is 0. The largest absolute Gasteiger partial charge is 0.738 e. The Morgan fingerprint density at radius 1 is 1.33 bits per heavy atom. The maximum atomic E-state index is 8.47. The number of hydrogen-bond donors (Lipinski definition) is 2. The first-order chi connectivity index (χ1) is 1.73. The first-order valence-electron chi connectivity index (χ1n) is 0.583. The normalized spacial score (nSPS) is 6.00. The predicted octanol–water partition coefficient (Wildman–Crippen LogP) is -1.26. The van der Waals surface area contributed by atoms with Crippen LogP contribution in [0.4, 0.5) is 0 Å². The molecule has 0 fully saturated rings. The molecule has 0 aromatic rings. The van der Waals surface area contributed by atoms with E-state index in [2.05, 4.69) is 0 Å². The maximum Gasteiger partial charge on any atom is 0 e. The standard InChI is InChI=1S/H2NO3.Nd.H2O/c2-1(3)4;;/h2-3H;;1H2/q-1;;. The van der Waals surface area contributed by atoms with Gasteiger partial charge in [-0.25, -0.2) is 0 Å². The molecule has 0 radical (unpaired) electrons. The van der Waals surface area contributed by atoms with Crippen molar-refractivity contribution in [2.45, 2.75) is 0 Å². The van der Waals surface area contributed by atoms with Crippen molar-refractivity contribution in [3.63, 3.8) is 0 Å². The van der Waals surface area contributed by atoms with Crippen LogP contribution >= 0.6 is 0 Å². The van der Waals surface area contributed by atoms with Gasteiger partial charge >= 0.3 is 0 Å². The molecule has 6 heteroatoms. The molecular formula is H4NNdO4-. The molecular weight excluding hydrogens is 222 g/mol. The molecule has 0 bridgehead atoms. The van der Waals surface area contributed by atoms with E-state index in [0.29, 0.717) is 0 Å². The fourth-order valence-electron chi connectivity index (χ4n) is 0. The van der Waals surface area contributed by atoms with Crippen LogP contribution in [0.5, 0.6) is 0 Å². The molecule has 4 N–H and O–H groups in total. The van der Waals surface area contributed by atoms with E-state index >= 15 is 0 Å². The van der Waals surface area contributed by atoms with Crippen molar-refractivity contribution in [2.75, 3.05) is 0 Å². The molecule has 0 saturated heterocycles. The van der Waals surface area contributed by atoms with Crippen molar-refractivity contribution in [1.29, 1.82) is 0 Å². The predicted molar refractivity (Wildman–Crippen MR) is 12.4 cm³/mol. The molecule has 0 spiro atoms. The summed E-state index contributed by atoms with van der Waals surface area (Å²) in [6, 6.07) is 0. The summed E-state index contributed by atoms with van der Waals surface area (Å²) in [5, 5.41) is 21.0. The Morgan fingerprint density at radius 2 is 1.33 bits per heavy atom. The van der Waals surface area contributed by atoms with Crippen molar-refractivity contribution in [1.82, 2.24) is 5.39 Å². The Morgan fingerprint density at radius 3 is 1.33 bits per heavy atom. The first-order valence-corrected chi connectivity index (χ1v) is 0.583. The summed E-state index contributed by atoms with van der Waals surface area (Å²) in [5.74, 6) is 0. The molecule has 6 heavy (non-hydrogen) atoms. The zero-order valence-corrected chi connectivity index (χ0v) is 5.96. The molecule has 0 saturated carbocycles. The fraction of sp³-hybridized carbons (Fsp3) is 0.